The topological polar surface area (TPSA) is 187 Å². The predicted molar refractivity (Wildman–Crippen MR) is 159 cm³/mol. The maximum Gasteiger partial charge on any atom is 0.326 e. The average Bonchev–Trinajstić information content (AvgIpc) is 2.91. The number of carboxylic acids is 3. The van der Waals surface area contributed by atoms with E-state index in [1.54, 1.807) is 0 Å². The second-order valence-electron chi connectivity index (χ2n) is 11.2. The average molecular weight is 599 g/mol. The molecule has 0 bridgehead atoms. The number of carboxylic acid groups (broad SMARTS) is 3. The van der Waals surface area contributed by atoms with Crippen LogP contribution in [-0.4, -0.2) is 62.9 Å². The second kappa shape index (κ2) is 25.7. The van der Waals surface area contributed by atoms with Crippen molar-refractivity contribution in [2.24, 2.45) is 0 Å². The first-order chi connectivity index (χ1) is 20.0. The number of hydrogen-bond donors (Lipinski definition) is 5. The van der Waals surface area contributed by atoms with Gasteiger partial charge in [-0.25, -0.2) is 9.59 Å². The van der Waals surface area contributed by atoms with Gasteiger partial charge < -0.3 is 30.7 Å². The Hall–Kier alpha value is -2.98. The smallest absolute Gasteiger partial charge is 0.326 e. The summed E-state index contributed by atoms with van der Waals surface area (Å²) in [6.07, 6.45) is 17.7. The van der Waals surface area contributed by atoms with Crippen molar-refractivity contribution in [2.45, 2.75) is 160 Å². The summed E-state index contributed by atoms with van der Waals surface area (Å²) >= 11 is 0. The van der Waals surface area contributed by atoms with Gasteiger partial charge in [-0.15, -0.1) is 0 Å². The third-order valence-corrected chi connectivity index (χ3v) is 7.26. The molecule has 0 aromatic rings. The van der Waals surface area contributed by atoms with Gasteiger partial charge in [-0.1, -0.05) is 89.9 Å². The molecule has 0 aliphatic carbocycles. The molecule has 0 rings (SSSR count). The number of rotatable bonds is 29. The lowest BCUT2D eigenvalue weighted by Crippen LogP contribution is -2.44. The van der Waals surface area contributed by atoms with Crippen molar-refractivity contribution in [1.82, 2.24) is 10.6 Å². The van der Waals surface area contributed by atoms with Crippen LogP contribution in [0.15, 0.2) is 0 Å². The van der Waals surface area contributed by atoms with Crippen LogP contribution < -0.4 is 10.6 Å². The molecule has 5 N–H and O–H groups in total. The molecule has 0 fully saturated rings. The molecule has 0 aromatic heterocycles. The molecule has 11 heteroatoms. The molecular weight excluding hydrogens is 544 g/mol. The summed E-state index contributed by atoms with van der Waals surface area (Å²) in [7, 11) is 0. The van der Waals surface area contributed by atoms with Gasteiger partial charge in [0.05, 0.1) is 0 Å². The number of Topliss-reactive ketones (excluding diaryl/α,β-unsaturated/α-hetero) is 1. The van der Waals surface area contributed by atoms with E-state index >= 15 is 0 Å². The van der Waals surface area contributed by atoms with E-state index in [1.165, 1.54) is 64.7 Å². The van der Waals surface area contributed by atoms with Gasteiger partial charge in [0.15, 0.2) is 0 Å². The standard InChI is InChI=1S/C31H54N2O9/c1-24(34)20-21-25(30(39)40)33-28(36)23-22-26(31(41)42)32-27(35)18-16-14-12-10-8-6-4-2-3-5-7-9-11-13-15-17-19-29(37)38/h25-26H,2-23H2,1H3,(H,32,35)(H,33,36)(H,37,38)(H,39,40)(H,41,42)/t25-,26-/m0/s1. The highest BCUT2D eigenvalue weighted by Gasteiger charge is 2.24. The largest absolute Gasteiger partial charge is 0.481 e. The van der Waals surface area contributed by atoms with Crippen molar-refractivity contribution < 1.29 is 44.1 Å². The van der Waals surface area contributed by atoms with Crippen molar-refractivity contribution in [3.63, 3.8) is 0 Å². The van der Waals surface area contributed by atoms with E-state index in [9.17, 15) is 39.0 Å². The first kappa shape index (κ1) is 39.0. The van der Waals surface area contributed by atoms with E-state index in [4.69, 9.17) is 5.11 Å². The van der Waals surface area contributed by atoms with E-state index in [2.05, 4.69) is 10.6 Å². The summed E-state index contributed by atoms with van der Waals surface area (Å²) < 4.78 is 0. The van der Waals surface area contributed by atoms with E-state index in [1.807, 2.05) is 0 Å². The van der Waals surface area contributed by atoms with Crippen LogP contribution in [0, 0.1) is 0 Å². The van der Waals surface area contributed by atoms with Crippen LogP contribution in [0.5, 0.6) is 0 Å². The monoisotopic (exact) mass is 598 g/mol. The Balaban J connectivity index is 3.80. The zero-order valence-corrected chi connectivity index (χ0v) is 25.5. The minimum Gasteiger partial charge on any atom is -0.481 e. The minimum atomic E-state index is -1.27. The molecule has 0 aromatic carbocycles. The molecular formula is C31H54N2O9. The highest BCUT2D eigenvalue weighted by Crippen LogP contribution is 2.14. The van der Waals surface area contributed by atoms with Gasteiger partial charge in [0, 0.05) is 25.7 Å². The molecule has 11 nitrogen and oxygen atoms in total. The number of carbonyl (C=O) groups is 6. The molecule has 0 aliphatic heterocycles. The number of unbranched alkanes of at least 4 members (excludes halogenated alkanes) is 15. The van der Waals surface area contributed by atoms with Crippen LogP contribution >= 0.6 is 0 Å². The fourth-order valence-electron chi connectivity index (χ4n) is 4.71. The Bertz CT molecular complexity index is 816. The summed E-state index contributed by atoms with van der Waals surface area (Å²) in [4.78, 5) is 68.6. The summed E-state index contributed by atoms with van der Waals surface area (Å²) in [5.41, 5.74) is 0. The lowest BCUT2D eigenvalue weighted by molar-refractivity contribution is -0.143. The molecule has 0 spiro atoms. The highest BCUT2D eigenvalue weighted by atomic mass is 16.4. The molecule has 0 saturated carbocycles. The Labute approximate surface area is 250 Å². The Morgan fingerprint density at radius 3 is 1.10 bits per heavy atom. The van der Waals surface area contributed by atoms with Crippen LogP contribution in [-0.2, 0) is 28.8 Å². The van der Waals surface area contributed by atoms with E-state index < -0.39 is 35.9 Å². The first-order valence-electron chi connectivity index (χ1n) is 15.8. The van der Waals surface area contributed by atoms with Crippen molar-refractivity contribution >= 4 is 35.5 Å². The van der Waals surface area contributed by atoms with Crippen LogP contribution in [0.1, 0.15) is 148 Å². The van der Waals surface area contributed by atoms with Crippen LogP contribution in [0.4, 0.5) is 0 Å². The molecule has 2 amide bonds. The highest BCUT2D eigenvalue weighted by molar-refractivity contribution is 5.86. The number of aliphatic carboxylic acids is 3. The fraction of sp³-hybridized carbons (Fsp3) is 0.806. The Morgan fingerprint density at radius 1 is 0.452 bits per heavy atom. The molecule has 42 heavy (non-hydrogen) atoms. The van der Waals surface area contributed by atoms with Gasteiger partial charge in [-0.2, -0.15) is 0 Å². The molecule has 0 saturated heterocycles. The van der Waals surface area contributed by atoms with Gasteiger partial charge in [0.1, 0.15) is 17.9 Å². The Morgan fingerprint density at radius 2 is 0.762 bits per heavy atom. The summed E-state index contributed by atoms with van der Waals surface area (Å²) in [6.45, 7) is 1.33. The quantitative estimate of drug-likeness (QED) is 0.0704. The van der Waals surface area contributed by atoms with Gasteiger partial charge in [0.2, 0.25) is 11.8 Å². The molecule has 2 atom stereocenters. The summed E-state index contributed by atoms with van der Waals surface area (Å²) in [5, 5.41) is 31.9. The molecule has 242 valence electrons. The van der Waals surface area contributed by atoms with E-state index in [-0.39, 0.29) is 50.2 Å². The van der Waals surface area contributed by atoms with Crippen molar-refractivity contribution in [3.05, 3.63) is 0 Å². The third-order valence-electron chi connectivity index (χ3n) is 7.26. The van der Waals surface area contributed by atoms with Gasteiger partial charge >= 0.3 is 17.9 Å². The lowest BCUT2D eigenvalue weighted by atomic mass is 10.0. The Kier molecular flexibility index (Phi) is 23.9. The SMILES string of the molecule is CC(=O)CC[C@H](NC(=O)CC[C@H](NC(=O)CCCCCCCCCCCCCCCCCCC(=O)O)C(=O)O)C(=O)O. The maximum absolute atomic E-state index is 12.2. The molecule has 0 heterocycles. The van der Waals surface area contributed by atoms with Gasteiger partial charge in [-0.05, 0) is 32.6 Å². The predicted octanol–water partition coefficient (Wildman–Crippen LogP) is 5.38. The zero-order chi connectivity index (χ0) is 31.6. The van der Waals surface area contributed by atoms with Crippen molar-refractivity contribution in [1.29, 1.82) is 0 Å². The molecule has 0 unspecified atom stereocenters. The summed E-state index contributed by atoms with van der Waals surface area (Å²) in [5.74, 6) is -4.46. The van der Waals surface area contributed by atoms with E-state index in [0.29, 0.717) is 6.42 Å². The normalized spacial score (nSPS) is 12.3. The van der Waals surface area contributed by atoms with Crippen LogP contribution in [0.2, 0.25) is 0 Å². The van der Waals surface area contributed by atoms with Crippen molar-refractivity contribution in [2.75, 3.05) is 0 Å². The second-order valence-corrected chi connectivity index (χ2v) is 11.2. The first-order valence-corrected chi connectivity index (χ1v) is 15.8. The fourth-order valence-corrected chi connectivity index (χ4v) is 4.71. The van der Waals surface area contributed by atoms with Gasteiger partial charge in [-0.3, -0.25) is 14.4 Å². The number of hydrogen-bond acceptors (Lipinski definition) is 6. The lowest BCUT2D eigenvalue weighted by Gasteiger charge is -2.16. The summed E-state index contributed by atoms with van der Waals surface area (Å²) in [6, 6.07) is -2.46. The van der Waals surface area contributed by atoms with Gasteiger partial charge in [0.25, 0.3) is 0 Å². The number of carbonyl (C=O) groups excluding carboxylic acids is 3. The maximum atomic E-state index is 12.2. The number of amides is 2. The minimum absolute atomic E-state index is 0.00759. The number of ketones is 1. The van der Waals surface area contributed by atoms with Crippen LogP contribution in [0.3, 0.4) is 0 Å². The zero-order valence-electron chi connectivity index (χ0n) is 25.5. The van der Waals surface area contributed by atoms with Crippen molar-refractivity contribution in [3.8, 4) is 0 Å². The van der Waals surface area contributed by atoms with E-state index in [0.717, 1.165) is 38.5 Å². The third kappa shape index (κ3) is 24.8. The number of nitrogens with one attached hydrogen (secondary N) is 2. The molecule has 0 radical (unpaired) electrons. The van der Waals surface area contributed by atoms with Crippen LogP contribution in [0.25, 0.3) is 0 Å². The molecule has 0 aliphatic rings.